The van der Waals surface area contributed by atoms with Crippen molar-refractivity contribution in [2.45, 2.75) is 6.92 Å². The lowest BCUT2D eigenvalue weighted by atomic mass is 10.0. The second kappa shape index (κ2) is 6.78. The SMILES string of the molecule is CCOc1cccc2c(-c3ccccc3)c(-c3cc(-c4ccco4)on3)[nH]c12. The van der Waals surface area contributed by atoms with E-state index in [4.69, 9.17) is 13.7 Å². The van der Waals surface area contributed by atoms with Gasteiger partial charge in [0.25, 0.3) is 0 Å². The Hall–Kier alpha value is -3.73. The van der Waals surface area contributed by atoms with Crippen LogP contribution in [0.15, 0.2) is 81.9 Å². The Morgan fingerprint density at radius 3 is 2.64 bits per heavy atom. The van der Waals surface area contributed by atoms with Crippen molar-refractivity contribution in [3.05, 3.63) is 73.0 Å². The monoisotopic (exact) mass is 370 g/mol. The Kier molecular flexibility index (Phi) is 3.98. The molecule has 0 bridgehead atoms. The number of aromatic amines is 1. The number of nitrogens with one attached hydrogen (secondary N) is 1. The Morgan fingerprint density at radius 1 is 0.964 bits per heavy atom. The zero-order chi connectivity index (χ0) is 18.9. The molecule has 2 aromatic carbocycles. The van der Waals surface area contributed by atoms with E-state index in [9.17, 15) is 0 Å². The Balaban J connectivity index is 1.75. The first-order valence-corrected chi connectivity index (χ1v) is 9.19. The predicted octanol–water partition coefficient (Wildman–Crippen LogP) is 6.15. The van der Waals surface area contributed by atoms with Crippen LogP contribution in [-0.4, -0.2) is 16.7 Å². The van der Waals surface area contributed by atoms with E-state index in [2.05, 4.69) is 28.3 Å². The number of rotatable bonds is 5. The summed E-state index contributed by atoms with van der Waals surface area (Å²) in [5, 5.41) is 5.37. The number of nitrogens with zero attached hydrogens (tertiary/aromatic N) is 1. The summed E-state index contributed by atoms with van der Waals surface area (Å²) in [5.74, 6) is 2.05. The molecule has 0 aliphatic heterocycles. The molecule has 0 fully saturated rings. The number of hydrogen-bond acceptors (Lipinski definition) is 4. The molecular formula is C23H18N2O3. The third-order valence-corrected chi connectivity index (χ3v) is 4.69. The average Bonchev–Trinajstić information content (AvgIpc) is 3.47. The number of benzene rings is 2. The van der Waals surface area contributed by atoms with E-state index in [0.29, 0.717) is 23.8 Å². The smallest absolute Gasteiger partial charge is 0.202 e. The summed E-state index contributed by atoms with van der Waals surface area (Å²) in [6, 6.07) is 21.9. The summed E-state index contributed by atoms with van der Waals surface area (Å²) < 4.78 is 16.8. The zero-order valence-electron chi connectivity index (χ0n) is 15.3. The molecule has 5 aromatic rings. The maximum absolute atomic E-state index is 5.83. The van der Waals surface area contributed by atoms with Gasteiger partial charge in [0.05, 0.1) is 24.1 Å². The van der Waals surface area contributed by atoms with Crippen molar-refractivity contribution in [1.82, 2.24) is 10.1 Å². The molecule has 28 heavy (non-hydrogen) atoms. The van der Waals surface area contributed by atoms with Crippen molar-refractivity contribution in [1.29, 1.82) is 0 Å². The van der Waals surface area contributed by atoms with Crippen molar-refractivity contribution in [3.63, 3.8) is 0 Å². The van der Waals surface area contributed by atoms with Gasteiger partial charge >= 0.3 is 0 Å². The number of para-hydroxylation sites is 1. The normalized spacial score (nSPS) is 11.2. The van der Waals surface area contributed by atoms with Crippen LogP contribution in [0.4, 0.5) is 0 Å². The molecule has 5 nitrogen and oxygen atoms in total. The first kappa shape index (κ1) is 16.4. The van der Waals surface area contributed by atoms with Crippen LogP contribution in [0.5, 0.6) is 5.75 Å². The van der Waals surface area contributed by atoms with Gasteiger partial charge in [-0.15, -0.1) is 0 Å². The fourth-order valence-electron chi connectivity index (χ4n) is 3.49. The van der Waals surface area contributed by atoms with Gasteiger partial charge in [0, 0.05) is 17.0 Å². The minimum absolute atomic E-state index is 0.586. The molecule has 0 aliphatic carbocycles. The second-order valence-corrected chi connectivity index (χ2v) is 6.41. The van der Waals surface area contributed by atoms with Gasteiger partial charge in [-0.3, -0.25) is 0 Å². The zero-order valence-corrected chi connectivity index (χ0v) is 15.3. The minimum atomic E-state index is 0.586. The third-order valence-electron chi connectivity index (χ3n) is 4.69. The van der Waals surface area contributed by atoms with Crippen molar-refractivity contribution >= 4 is 10.9 Å². The van der Waals surface area contributed by atoms with Crippen LogP contribution in [0.3, 0.4) is 0 Å². The number of ether oxygens (including phenoxy) is 1. The molecule has 0 amide bonds. The molecule has 3 aromatic heterocycles. The summed E-state index contributed by atoms with van der Waals surface area (Å²) >= 11 is 0. The van der Waals surface area contributed by atoms with Gasteiger partial charge in [-0.1, -0.05) is 47.6 Å². The molecule has 0 atom stereocenters. The molecule has 138 valence electrons. The molecular weight excluding hydrogens is 352 g/mol. The molecule has 0 saturated carbocycles. The van der Waals surface area contributed by atoms with E-state index in [-0.39, 0.29) is 0 Å². The van der Waals surface area contributed by atoms with E-state index in [1.54, 1.807) is 6.26 Å². The molecule has 0 spiro atoms. The van der Waals surface area contributed by atoms with Crippen LogP contribution in [0.1, 0.15) is 6.92 Å². The van der Waals surface area contributed by atoms with Crippen LogP contribution in [0.25, 0.3) is 44.9 Å². The van der Waals surface area contributed by atoms with E-state index in [1.807, 2.05) is 55.5 Å². The van der Waals surface area contributed by atoms with Crippen LogP contribution in [0.2, 0.25) is 0 Å². The highest BCUT2D eigenvalue weighted by atomic mass is 16.5. The number of furan rings is 1. The maximum atomic E-state index is 5.83. The Bertz CT molecular complexity index is 1220. The molecule has 0 aliphatic rings. The fourth-order valence-corrected chi connectivity index (χ4v) is 3.49. The van der Waals surface area contributed by atoms with Gasteiger partial charge in [-0.25, -0.2) is 0 Å². The molecule has 5 rings (SSSR count). The highest BCUT2D eigenvalue weighted by Crippen LogP contribution is 2.41. The number of hydrogen-bond donors (Lipinski definition) is 1. The second-order valence-electron chi connectivity index (χ2n) is 6.41. The van der Waals surface area contributed by atoms with Crippen LogP contribution < -0.4 is 4.74 Å². The van der Waals surface area contributed by atoms with Crippen molar-refractivity contribution in [2.75, 3.05) is 6.61 Å². The van der Waals surface area contributed by atoms with Gasteiger partial charge in [-0.05, 0) is 30.7 Å². The summed E-state index contributed by atoms with van der Waals surface area (Å²) in [4.78, 5) is 3.51. The van der Waals surface area contributed by atoms with Gasteiger partial charge in [0.1, 0.15) is 11.4 Å². The van der Waals surface area contributed by atoms with Crippen LogP contribution >= 0.6 is 0 Å². The third kappa shape index (κ3) is 2.68. The maximum Gasteiger partial charge on any atom is 0.202 e. The van der Waals surface area contributed by atoms with Gasteiger partial charge in [-0.2, -0.15) is 0 Å². The number of aromatic nitrogens is 2. The number of fused-ring (bicyclic) bond motifs is 1. The quantitative estimate of drug-likeness (QED) is 0.403. The lowest BCUT2D eigenvalue weighted by Gasteiger charge is -2.05. The fraction of sp³-hybridized carbons (Fsp3) is 0.0870. The molecule has 5 heteroatoms. The largest absolute Gasteiger partial charge is 0.492 e. The van der Waals surface area contributed by atoms with Crippen LogP contribution in [-0.2, 0) is 0 Å². The summed E-state index contributed by atoms with van der Waals surface area (Å²) in [5.41, 5.74) is 4.70. The van der Waals surface area contributed by atoms with Crippen molar-refractivity contribution in [2.24, 2.45) is 0 Å². The van der Waals surface area contributed by atoms with E-state index >= 15 is 0 Å². The van der Waals surface area contributed by atoms with E-state index < -0.39 is 0 Å². The lowest BCUT2D eigenvalue weighted by molar-refractivity contribution is 0.344. The summed E-state index contributed by atoms with van der Waals surface area (Å²) in [7, 11) is 0. The number of H-pyrrole nitrogens is 1. The lowest BCUT2D eigenvalue weighted by Crippen LogP contribution is -1.91. The highest BCUT2D eigenvalue weighted by molar-refractivity contribution is 6.05. The van der Waals surface area contributed by atoms with Gasteiger partial charge < -0.3 is 18.7 Å². The van der Waals surface area contributed by atoms with Crippen molar-refractivity contribution in [3.8, 4) is 39.8 Å². The summed E-state index contributed by atoms with van der Waals surface area (Å²) in [6.45, 7) is 2.58. The Labute approximate surface area is 161 Å². The molecule has 0 unspecified atom stereocenters. The van der Waals surface area contributed by atoms with Gasteiger partial charge in [0.2, 0.25) is 5.76 Å². The molecule has 0 radical (unpaired) electrons. The van der Waals surface area contributed by atoms with Crippen LogP contribution in [0, 0.1) is 0 Å². The van der Waals surface area contributed by atoms with E-state index in [0.717, 1.165) is 33.5 Å². The highest BCUT2D eigenvalue weighted by Gasteiger charge is 2.20. The van der Waals surface area contributed by atoms with Crippen molar-refractivity contribution < 1.29 is 13.7 Å². The topological polar surface area (TPSA) is 64.2 Å². The first-order chi connectivity index (χ1) is 13.8. The predicted molar refractivity (Wildman–Crippen MR) is 108 cm³/mol. The summed E-state index contributed by atoms with van der Waals surface area (Å²) in [6.07, 6.45) is 1.62. The Morgan fingerprint density at radius 2 is 1.86 bits per heavy atom. The molecule has 0 saturated heterocycles. The standard InChI is InChI=1S/C23H18N2O3/c1-2-26-19-11-6-10-16-21(15-8-4-3-5-9-15)23(24-22(16)19)17-14-20(28-25-17)18-12-7-13-27-18/h3-14,24H,2H2,1H3. The molecule has 1 N–H and O–H groups in total. The minimum Gasteiger partial charge on any atom is -0.492 e. The van der Waals surface area contributed by atoms with Gasteiger partial charge in [0.15, 0.2) is 5.76 Å². The average molecular weight is 370 g/mol. The molecule has 3 heterocycles. The first-order valence-electron chi connectivity index (χ1n) is 9.19. The van der Waals surface area contributed by atoms with E-state index in [1.165, 1.54) is 0 Å².